The highest BCUT2D eigenvalue weighted by Crippen LogP contribution is 2.19. The van der Waals surface area contributed by atoms with Crippen molar-refractivity contribution in [2.24, 2.45) is 5.92 Å². The molecule has 0 aliphatic carbocycles. The molecule has 0 saturated heterocycles. The lowest BCUT2D eigenvalue weighted by Gasteiger charge is -2.20. The Kier molecular flexibility index (Phi) is 6.07. The van der Waals surface area contributed by atoms with Crippen LogP contribution >= 0.6 is 15.9 Å². The van der Waals surface area contributed by atoms with Crippen molar-refractivity contribution in [3.63, 3.8) is 0 Å². The summed E-state index contributed by atoms with van der Waals surface area (Å²) < 4.78 is 1.24. The fourth-order valence-corrected chi connectivity index (χ4v) is 2.51. The van der Waals surface area contributed by atoms with Crippen molar-refractivity contribution in [3.05, 3.63) is 34.3 Å². The molecule has 0 bridgehead atoms. The normalized spacial score (nSPS) is 13.1. The van der Waals surface area contributed by atoms with Gasteiger partial charge in [-0.05, 0) is 43.9 Å². The molecule has 90 valence electrons. The highest BCUT2D eigenvalue weighted by atomic mass is 79.9. The van der Waals surface area contributed by atoms with Crippen molar-refractivity contribution in [3.8, 4) is 0 Å². The second kappa shape index (κ2) is 7.08. The Hall–Kier alpha value is -0.340. The second-order valence-electron chi connectivity index (χ2n) is 4.62. The molecule has 0 heterocycles. The molecule has 1 aromatic rings. The first-order valence-corrected chi connectivity index (χ1v) is 6.85. The summed E-state index contributed by atoms with van der Waals surface area (Å²) in [6.45, 7) is 4.55. The Morgan fingerprint density at radius 2 is 1.94 bits per heavy atom. The zero-order chi connectivity index (χ0) is 12.0. The van der Waals surface area contributed by atoms with Gasteiger partial charge in [0.25, 0.3) is 0 Å². The van der Waals surface area contributed by atoms with E-state index in [0.717, 1.165) is 6.42 Å². The first-order valence-electron chi connectivity index (χ1n) is 6.05. The highest BCUT2D eigenvalue weighted by molar-refractivity contribution is 9.10. The van der Waals surface area contributed by atoms with Gasteiger partial charge in [0, 0.05) is 10.5 Å². The third-order valence-electron chi connectivity index (χ3n) is 3.09. The average Bonchev–Trinajstić information content (AvgIpc) is 2.26. The van der Waals surface area contributed by atoms with Crippen LogP contribution < -0.4 is 5.32 Å². The molecule has 1 nitrogen and oxygen atoms in total. The molecule has 0 amide bonds. The van der Waals surface area contributed by atoms with Gasteiger partial charge in [-0.3, -0.25) is 0 Å². The van der Waals surface area contributed by atoms with Crippen LogP contribution in [0.15, 0.2) is 28.7 Å². The number of benzene rings is 1. The average molecular weight is 284 g/mol. The predicted molar refractivity (Wildman–Crippen MR) is 74.8 cm³/mol. The van der Waals surface area contributed by atoms with Crippen LogP contribution in [0.1, 0.15) is 32.3 Å². The molecule has 0 radical (unpaired) electrons. The van der Waals surface area contributed by atoms with Gasteiger partial charge in [0.1, 0.15) is 0 Å². The van der Waals surface area contributed by atoms with Crippen molar-refractivity contribution < 1.29 is 0 Å². The van der Waals surface area contributed by atoms with Crippen molar-refractivity contribution in [1.29, 1.82) is 0 Å². The Labute approximate surface area is 108 Å². The van der Waals surface area contributed by atoms with Crippen LogP contribution in [-0.2, 0) is 6.42 Å². The van der Waals surface area contributed by atoms with E-state index >= 15 is 0 Å². The minimum Gasteiger partial charge on any atom is -0.317 e. The minimum absolute atomic E-state index is 0.641. The topological polar surface area (TPSA) is 12.0 Å². The van der Waals surface area contributed by atoms with Crippen molar-refractivity contribution >= 4 is 15.9 Å². The van der Waals surface area contributed by atoms with Gasteiger partial charge in [-0.2, -0.15) is 0 Å². The number of nitrogens with one attached hydrogen (secondary N) is 1. The van der Waals surface area contributed by atoms with Crippen LogP contribution in [0.5, 0.6) is 0 Å². The summed E-state index contributed by atoms with van der Waals surface area (Å²) in [5.41, 5.74) is 1.42. The number of aryl methyl sites for hydroxylation is 1. The molecule has 2 heteroatoms. The lowest BCUT2D eigenvalue weighted by atomic mass is 9.97. The summed E-state index contributed by atoms with van der Waals surface area (Å²) in [4.78, 5) is 0. The third-order valence-corrected chi connectivity index (χ3v) is 3.87. The van der Waals surface area contributed by atoms with Gasteiger partial charge in [-0.25, -0.2) is 0 Å². The van der Waals surface area contributed by atoms with E-state index in [1.54, 1.807) is 0 Å². The Bertz CT molecular complexity index is 309. The summed E-state index contributed by atoms with van der Waals surface area (Å²) in [5, 5.41) is 3.39. The van der Waals surface area contributed by atoms with E-state index in [4.69, 9.17) is 0 Å². The highest BCUT2D eigenvalue weighted by Gasteiger charge is 2.10. The molecule has 1 aromatic carbocycles. The monoisotopic (exact) mass is 283 g/mol. The van der Waals surface area contributed by atoms with E-state index in [0.29, 0.717) is 12.0 Å². The first kappa shape index (κ1) is 13.7. The quantitative estimate of drug-likeness (QED) is 0.832. The van der Waals surface area contributed by atoms with Crippen molar-refractivity contribution in [2.75, 3.05) is 7.05 Å². The Morgan fingerprint density at radius 1 is 1.25 bits per heavy atom. The molecule has 1 atom stereocenters. The van der Waals surface area contributed by atoms with Crippen LogP contribution in [0, 0.1) is 5.92 Å². The van der Waals surface area contributed by atoms with Crippen LogP contribution in [0.4, 0.5) is 0 Å². The molecule has 1 rings (SSSR count). The summed E-state index contributed by atoms with van der Waals surface area (Å²) in [7, 11) is 2.06. The molecule has 0 aromatic heterocycles. The van der Waals surface area contributed by atoms with E-state index < -0.39 is 0 Å². The zero-order valence-electron chi connectivity index (χ0n) is 10.5. The summed E-state index contributed by atoms with van der Waals surface area (Å²) in [6.07, 6.45) is 3.65. The largest absolute Gasteiger partial charge is 0.317 e. The molecule has 1 N–H and O–H groups in total. The first-order chi connectivity index (χ1) is 7.65. The molecule has 0 aliphatic rings. The molecule has 0 saturated carbocycles. The van der Waals surface area contributed by atoms with Crippen molar-refractivity contribution in [2.45, 2.75) is 39.2 Å². The number of hydrogen-bond acceptors (Lipinski definition) is 1. The standard InChI is InChI=1S/C14H22BrN/c1-11(2)14(16-3)10-6-8-12-7-4-5-9-13(12)15/h4-5,7,9,11,14,16H,6,8,10H2,1-3H3. The lowest BCUT2D eigenvalue weighted by molar-refractivity contribution is 0.393. The molecule has 1 unspecified atom stereocenters. The van der Waals surface area contributed by atoms with E-state index in [1.165, 1.54) is 22.9 Å². The van der Waals surface area contributed by atoms with Gasteiger partial charge in [0.2, 0.25) is 0 Å². The number of halogens is 1. The maximum absolute atomic E-state index is 3.59. The van der Waals surface area contributed by atoms with Crippen LogP contribution in [-0.4, -0.2) is 13.1 Å². The van der Waals surface area contributed by atoms with Crippen molar-refractivity contribution in [1.82, 2.24) is 5.32 Å². The van der Waals surface area contributed by atoms with Gasteiger partial charge in [-0.15, -0.1) is 0 Å². The van der Waals surface area contributed by atoms with Gasteiger partial charge < -0.3 is 5.32 Å². The molecule has 0 spiro atoms. The van der Waals surface area contributed by atoms with Gasteiger partial charge in [-0.1, -0.05) is 48.0 Å². The van der Waals surface area contributed by atoms with E-state index in [1.807, 2.05) is 0 Å². The molecule has 0 aliphatic heterocycles. The molecular weight excluding hydrogens is 262 g/mol. The van der Waals surface area contributed by atoms with E-state index in [2.05, 4.69) is 66.4 Å². The summed E-state index contributed by atoms with van der Waals surface area (Å²) in [6, 6.07) is 9.14. The second-order valence-corrected chi connectivity index (χ2v) is 5.48. The number of hydrogen-bond donors (Lipinski definition) is 1. The van der Waals surface area contributed by atoms with Crippen LogP contribution in [0.3, 0.4) is 0 Å². The SMILES string of the molecule is CNC(CCCc1ccccc1Br)C(C)C. The van der Waals surface area contributed by atoms with E-state index in [-0.39, 0.29) is 0 Å². The zero-order valence-corrected chi connectivity index (χ0v) is 12.0. The Morgan fingerprint density at radius 3 is 2.50 bits per heavy atom. The fraction of sp³-hybridized carbons (Fsp3) is 0.571. The smallest absolute Gasteiger partial charge is 0.0207 e. The van der Waals surface area contributed by atoms with Gasteiger partial charge >= 0.3 is 0 Å². The molecule has 0 fully saturated rings. The fourth-order valence-electron chi connectivity index (χ4n) is 2.02. The maximum Gasteiger partial charge on any atom is 0.0207 e. The minimum atomic E-state index is 0.641. The summed E-state index contributed by atoms with van der Waals surface area (Å²) >= 11 is 3.59. The maximum atomic E-state index is 3.59. The summed E-state index contributed by atoms with van der Waals surface area (Å²) in [5.74, 6) is 0.712. The molecule has 16 heavy (non-hydrogen) atoms. The third kappa shape index (κ3) is 4.26. The van der Waals surface area contributed by atoms with Crippen LogP contribution in [0.2, 0.25) is 0 Å². The number of rotatable bonds is 6. The van der Waals surface area contributed by atoms with Gasteiger partial charge in [0.05, 0.1) is 0 Å². The Balaban J connectivity index is 2.38. The van der Waals surface area contributed by atoms with Gasteiger partial charge in [0.15, 0.2) is 0 Å². The van der Waals surface area contributed by atoms with E-state index in [9.17, 15) is 0 Å². The lowest BCUT2D eigenvalue weighted by Crippen LogP contribution is -2.30. The predicted octanol–water partition coefficient (Wildman–Crippen LogP) is 4.02. The van der Waals surface area contributed by atoms with Crippen LogP contribution in [0.25, 0.3) is 0 Å². The molecular formula is C14H22BrN.